The molecule has 2 heterocycles. The number of anilines is 2. The first-order valence-corrected chi connectivity index (χ1v) is 11.6. The monoisotopic (exact) mass is 469 g/mol. The Labute approximate surface area is 195 Å². The van der Waals surface area contributed by atoms with E-state index in [1.165, 1.54) is 0 Å². The number of methoxy groups -OCH3 is 1. The summed E-state index contributed by atoms with van der Waals surface area (Å²) >= 11 is 7.72. The van der Waals surface area contributed by atoms with Crippen molar-refractivity contribution in [1.29, 1.82) is 0 Å². The number of ether oxygens (including phenoxy) is 1. The number of aromatic nitrogens is 4. The second-order valence-electron chi connectivity index (χ2n) is 7.28. The molecule has 0 aliphatic heterocycles. The molecule has 7 nitrogen and oxygen atoms in total. The van der Waals surface area contributed by atoms with Crippen LogP contribution in [0.3, 0.4) is 0 Å². The number of nitrogens with one attached hydrogen (secondary N) is 1. The second-order valence-corrected chi connectivity index (χ2v) is 8.78. The predicted octanol–water partition coefficient (Wildman–Crippen LogP) is 5.10. The molecule has 2 aromatic carbocycles. The van der Waals surface area contributed by atoms with Crippen molar-refractivity contribution < 1.29 is 4.74 Å². The maximum absolute atomic E-state index is 12.9. The number of rotatable bonds is 8. The molecule has 0 amide bonds. The van der Waals surface area contributed by atoms with Crippen LogP contribution in [0.5, 0.6) is 5.75 Å². The van der Waals surface area contributed by atoms with E-state index < -0.39 is 0 Å². The quantitative estimate of drug-likeness (QED) is 0.286. The molecule has 0 atom stereocenters. The Kier molecular flexibility index (Phi) is 6.72. The minimum absolute atomic E-state index is 0.240. The standard InChI is InChI=1S/C23H24ClN5O2S/c1-4-12-32-22-26-20(28(2)17-8-10-18(31-3)11-9-17)19-21(27-22)29(23(30)25-19)14-15-6-5-7-16(24)13-15/h5-11,13H,4,12,14H2,1-3H3,(H,25,30). The van der Waals surface area contributed by atoms with Gasteiger partial charge in [0.2, 0.25) is 0 Å². The van der Waals surface area contributed by atoms with E-state index in [9.17, 15) is 4.79 Å². The van der Waals surface area contributed by atoms with Gasteiger partial charge in [-0.2, -0.15) is 0 Å². The highest BCUT2D eigenvalue weighted by Crippen LogP contribution is 2.31. The van der Waals surface area contributed by atoms with Crippen molar-refractivity contribution in [3.05, 3.63) is 69.6 Å². The first kappa shape index (κ1) is 22.2. The highest BCUT2D eigenvalue weighted by molar-refractivity contribution is 7.99. The minimum atomic E-state index is -0.240. The number of aromatic amines is 1. The van der Waals surface area contributed by atoms with Gasteiger partial charge in [-0.15, -0.1) is 0 Å². The highest BCUT2D eigenvalue weighted by Gasteiger charge is 2.19. The average molecular weight is 470 g/mol. The first-order valence-electron chi connectivity index (χ1n) is 10.3. The molecule has 4 rings (SSSR count). The summed E-state index contributed by atoms with van der Waals surface area (Å²) in [6, 6.07) is 15.2. The molecule has 166 valence electrons. The maximum Gasteiger partial charge on any atom is 0.328 e. The Morgan fingerprint density at radius 1 is 1.19 bits per heavy atom. The molecule has 0 saturated carbocycles. The highest BCUT2D eigenvalue weighted by atomic mass is 35.5. The summed E-state index contributed by atoms with van der Waals surface area (Å²) in [7, 11) is 3.56. The molecule has 32 heavy (non-hydrogen) atoms. The molecule has 9 heteroatoms. The molecule has 0 bridgehead atoms. The van der Waals surface area contributed by atoms with E-state index >= 15 is 0 Å². The van der Waals surface area contributed by atoms with Crippen molar-refractivity contribution in [2.24, 2.45) is 0 Å². The van der Waals surface area contributed by atoms with Gasteiger partial charge in [0, 0.05) is 23.5 Å². The molecule has 0 spiro atoms. The van der Waals surface area contributed by atoms with Crippen molar-refractivity contribution >= 4 is 46.0 Å². The summed E-state index contributed by atoms with van der Waals surface area (Å²) in [5.41, 5.74) is 2.76. The number of imidazole rings is 1. The lowest BCUT2D eigenvalue weighted by molar-refractivity contribution is 0.415. The fourth-order valence-corrected chi connectivity index (χ4v) is 4.29. The van der Waals surface area contributed by atoms with Gasteiger partial charge in [0.1, 0.15) is 11.3 Å². The van der Waals surface area contributed by atoms with Gasteiger partial charge in [-0.1, -0.05) is 42.4 Å². The van der Waals surface area contributed by atoms with Gasteiger partial charge < -0.3 is 14.6 Å². The summed E-state index contributed by atoms with van der Waals surface area (Å²) in [6.07, 6.45) is 0.998. The zero-order valence-electron chi connectivity index (χ0n) is 18.1. The van der Waals surface area contributed by atoms with Crippen LogP contribution in [0, 0.1) is 0 Å². The van der Waals surface area contributed by atoms with E-state index in [2.05, 4.69) is 11.9 Å². The number of halogens is 1. The predicted molar refractivity (Wildman–Crippen MR) is 131 cm³/mol. The lowest BCUT2D eigenvalue weighted by atomic mass is 10.2. The molecule has 0 fully saturated rings. The van der Waals surface area contributed by atoms with E-state index in [1.807, 2.05) is 60.5 Å². The van der Waals surface area contributed by atoms with Crippen LogP contribution >= 0.6 is 23.4 Å². The molecule has 0 aliphatic carbocycles. The lowest BCUT2D eigenvalue weighted by Crippen LogP contribution is -2.17. The Bertz CT molecular complexity index is 1290. The summed E-state index contributed by atoms with van der Waals surface area (Å²) in [5, 5.41) is 1.26. The zero-order chi connectivity index (χ0) is 22.7. The smallest absolute Gasteiger partial charge is 0.328 e. The topological polar surface area (TPSA) is 76.0 Å². The van der Waals surface area contributed by atoms with Crippen molar-refractivity contribution in [1.82, 2.24) is 19.5 Å². The van der Waals surface area contributed by atoms with Crippen LogP contribution in [0.1, 0.15) is 18.9 Å². The summed E-state index contributed by atoms with van der Waals surface area (Å²) in [5.74, 6) is 2.30. The Balaban J connectivity index is 1.83. The van der Waals surface area contributed by atoms with Gasteiger partial charge in [0.05, 0.1) is 13.7 Å². The van der Waals surface area contributed by atoms with Crippen LogP contribution in [0.25, 0.3) is 11.2 Å². The van der Waals surface area contributed by atoms with Crippen LogP contribution < -0.4 is 15.3 Å². The SMILES string of the molecule is CCCSc1nc(N(C)c2ccc(OC)cc2)c2[nH]c(=O)n(Cc3cccc(Cl)c3)c2n1. The molecule has 2 aromatic heterocycles. The van der Waals surface area contributed by atoms with Gasteiger partial charge >= 0.3 is 5.69 Å². The fraction of sp³-hybridized carbons (Fsp3) is 0.261. The number of H-pyrrole nitrogens is 1. The van der Waals surface area contributed by atoms with Crippen LogP contribution in [-0.2, 0) is 6.54 Å². The molecule has 0 aliphatic rings. The Hall–Kier alpha value is -2.97. The molecule has 4 aromatic rings. The van der Waals surface area contributed by atoms with Gasteiger partial charge in [0.15, 0.2) is 16.6 Å². The number of fused-ring (bicyclic) bond motifs is 1. The van der Waals surface area contributed by atoms with E-state index in [1.54, 1.807) is 23.4 Å². The third kappa shape index (κ3) is 4.61. The van der Waals surface area contributed by atoms with Crippen molar-refractivity contribution in [3.63, 3.8) is 0 Å². The lowest BCUT2D eigenvalue weighted by Gasteiger charge is -2.20. The van der Waals surface area contributed by atoms with E-state index in [-0.39, 0.29) is 5.69 Å². The number of nitrogens with zero attached hydrogens (tertiary/aromatic N) is 4. The molecular weight excluding hydrogens is 446 g/mol. The van der Waals surface area contributed by atoms with Crippen LogP contribution in [0.2, 0.25) is 5.02 Å². The average Bonchev–Trinajstić information content (AvgIpc) is 3.11. The molecular formula is C23H24ClN5O2S. The molecule has 0 unspecified atom stereocenters. The largest absolute Gasteiger partial charge is 0.497 e. The third-order valence-corrected chi connectivity index (χ3v) is 6.31. The summed E-state index contributed by atoms with van der Waals surface area (Å²) < 4.78 is 6.89. The molecule has 0 radical (unpaired) electrons. The molecule has 1 N–H and O–H groups in total. The van der Waals surface area contributed by atoms with Gasteiger partial charge in [-0.05, 0) is 48.4 Å². The van der Waals surface area contributed by atoms with Crippen LogP contribution in [-0.4, -0.2) is 39.4 Å². The van der Waals surface area contributed by atoms with E-state index in [0.717, 1.165) is 29.2 Å². The van der Waals surface area contributed by atoms with Gasteiger partial charge in [-0.25, -0.2) is 14.8 Å². The fourth-order valence-electron chi connectivity index (χ4n) is 3.39. The van der Waals surface area contributed by atoms with Gasteiger partial charge in [-0.3, -0.25) is 4.57 Å². The van der Waals surface area contributed by atoms with E-state index in [0.29, 0.717) is 33.7 Å². The second kappa shape index (κ2) is 9.67. The van der Waals surface area contributed by atoms with E-state index in [4.69, 9.17) is 26.3 Å². The number of hydrogen-bond donors (Lipinski definition) is 1. The summed E-state index contributed by atoms with van der Waals surface area (Å²) in [6.45, 7) is 2.47. The first-order chi connectivity index (χ1) is 15.5. The number of thioether (sulfide) groups is 1. The van der Waals surface area contributed by atoms with Crippen LogP contribution in [0.15, 0.2) is 58.5 Å². The Morgan fingerprint density at radius 2 is 1.97 bits per heavy atom. The Morgan fingerprint density at radius 3 is 2.66 bits per heavy atom. The maximum atomic E-state index is 12.9. The minimum Gasteiger partial charge on any atom is -0.497 e. The van der Waals surface area contributed by atoms with Crippen molar-refractivity contribution in [2.45, 2.75) is 25.0 Å². The summed E-state index contributed by atoms with van der Waals surface area (Å²) in [4.78, 5) is 27.3. The molecule has 0 saturated heterocycles. The van der Waals surface area contributed by atoms with Crippen LogP contribution in [0.4, 0.5) is 11.5 Å². The third-order valence-electron chi connectivity index (χ3n) is 5.03. The van der Waals surface area contributed by atoms with Crippen molar-refractivity contribution in [2.75, 3.05) is 24.8 Å². The van der Waals surface area contributed by atoms with Gasteiger partial charge in [0.25, 0.3) is 0 Å². The zero-order valence-corrected chi connectivity index (χ0v) is 19.7. The van der Waals surface area contributed by atoms with Crippen molar-refractivity contribution in [3.8, 4) is 5.75 Å². The number of benzene rings is 2. The normalized spacial score (nSPS) is 11.1. The number of hydrogen-bond acceptors (Lipinski definition) is 6.